The first kappa shape index (κ1) is 18.2. The van der Waals surface area contributed by atoms with Gasteiger partial charge in [-0.25, -0.2) is 0 Å². The van der Waals surface area contributed by atoms with Crippen molar-refractivity contribution in [2.75, 3.05) is 44.2 Å². The number of hydrogen-bond acceptors (Lipinski definition) is 6. The Hall–Kier alpha value is -1.63. The van der Waals surface area contributed by atoms with Crippen LogP contribution in [0.3, 0.4) is 0 Å². The van der Waals surface area contributed by atoms with Gasteiger partial charge in [0, 0.05) is 44.2 Å². The topological polar surface area (TPSA) is 65.7 Å². The summed E-state index contributed by atoms with van der Waals surface area (Å²) in [5.74, 6) is 1.61. The van der Waals surface area contributed by atoms with Crippen LogP contribution in [0, 0.1) is 0 Å². The highest BCUT2D eigenvalue weighted by molar-refractivity contribution is 5.78. The molecule has 0 radical (unpaired) electrons. The first-order chi connectivity index (χ1) is 11.8. The lowest BCUT2D eigenvalue weighted by molar-refractivity contribution is -0.135. The third-order valence-corrected chi connectivity index (χ3v) is 5.19. The maximum Gasteiger partial charge on any atom is 0.266 e. The monoisotopic (exact) mass is 349 g/mol. The summed E-state index contributed by atoms with van der Waals surface area (Å²) < 4.78 is 5.39. The minimum absolute atomic E-state index is 0.134. The van der Waals surface area contributed by atoms with Crippen LogP contribution >= 0.6 is 0 Å². The van der Waals surface area contributed by atoms with E-state index in [1.807, 2.05) is 0 Å². The van der Waals surface area contributed by atoms with Gasteiger partial charge in [-0.05, 0) is 31.3 Å². The maximum absolute atomic E-state index is 12.6. The zero-order chi connectivity index (χ0) is 18.0. The Morgan fingerprint density at radius 3 is 2.48 bits per heavy atom. The van der Waals surface area contributed by atoms with Crippen molar-refractivity contribution in [3.05, 3.63) is 5.89 Å². The van der Waals surface area contributed by atoms with Crippen molar-refractivity contribution in [1.29, 1.82) is 0 Å². The van der Waals surface area contributed by atoms with Gasteiger partial charge in [0.2, 0.25) is 11.8 Å². The van der Waals surface area contributed by atoms with E-state index in [4.69, 9.17) is 4.52 Å². The number of carbonyl (C=O) groups excluding carboxylic acids is 1. The molecule has 1 atom stereocenters. The number of piperazine rings is 1. The highest BCUT2D eigenvalue weighted by Crippen LogP contribution is 2.23. The largest absolute Gasteiger partial charge is 0.339 e. The zero-order valence-corrected chi connectivity index (χ0v) is 16.0. The van der Waals surface area contributed by atoms with E-state index in [-0.39, 0.29) is 11.3 Å². The van der Waals surface area contributed by atoms with Crippen molar-refractivity contribution >= 4 is 11.9 Å². The number of amides is 1. The fraction of sp³-hybridized carbons (Fsp3) is 0.833. The van der Waals surface area contributed by atoms with Crippen molar-refractivity contribution in [2.24, 2.45) is 0 Å². The predicted molar refractivity (Wildman–Crippen MR) is 96.7 cm³/mol. The van der Waals surface area contributed by atoms with Crippen LogP contribution in [0.15, 0.2) is 4.52 Å². The number of carbonyl (C=O) groups is 1. The number of hydrogen-bond donors (Lipinski definition) is 0. The van der Waals surface area contributed by atoms with Crippen LogP contribution in [-0.4, -0.2) is 71.2 Å². The lowest BCUT2D eigenvalue weighted by atomic mass is 9.97. The molecular formula is C18H31N5O2. The highest BCUT2D eigenvalue weighted by atomic mass is 16.5. The van der Waals surface area contributed by atoms with E-state index >= 15 is 0 Å². The second kappa shape index (κ2) is 7.32. The highest BCUT2D eigenvalue weighted by Gasteiger charge is 2.28. The average molecular weight is 349 g/mol. The molecule has 0 bridgehead atoms. The summed E-state index contributed by atoms with van der Waals surface area (Å²) in [6.07, 6.45) is 3.51. The molecule has 1 aromatic heterocycles. The summed E-state index contributed by atoms with van der Waals surface area (Å²) in [7, 11) is 0. The second-order valence-electron chi connectivity index (χ2n) is 8.34. The summed E-state index contributed by atoms with van der Waals surface area (Å²) >= 11 is 0. The lowest BCUT2D eigenvalue weighted by Crippen LogP contribution is -2.52. The summed E-state index contributed by atoms with van der Waals surface area (Å²) in [6, 6.07) is 0.387. The zero-order valence-electron chi connectivity index (χ0n) is 16.0. The Morgan fingerprint density at radius 2 is 1.88 bits per heavy atom. The van der Waals surface area contributed by atoms with Gasteiger partial charge in [0.1, 0.15) is 0 Å². The standard InChI is InChI=1S/C18H31N5O2/c1-14-7-5-6-8-23(14)15(24)13-21-9-11-22(12-10-21)17-19-16(25-20-17)18(2,3)4/h14H,5-13H2,1-4H3/t14-/m0/s1. The number of anilines is 1. The van der Waals surface area contributed by atoms with Crippen LogP contribution in [0.1, 0.15) is 52.8 Å². The number of nitrogens with zero attached hydrogens (tertiary/aromatic N) is 5. The quantitative estimate of drug-likeness (QED) is 0.830. The van der Waals surface area contributed by atoms with Crippen LogP contribution in [0.5, 0.6) is 0 Å². The van der Waals surface area contributed by atoms with Crippen molar-refractivity contribution in [3.8, 4) is 0 Å². The Kier molecular flexibility index (Phi) is 5.32. The van der Waals surface area contributed by atoms with E-state index < -0.39 is 0 Å². The van der Waals surface area contributed by atoms with E-state index in [1.54, 1.807) is 0 Å². The van der Waals surface area contributed by atoms with Gasteiger partial charge in [-0.1, -0.05) is 20.8 Å². The van der Waals surface area contributed by atoms with Crippen LogP contribution in [-0.2, 0) is 10.2 Å². The number of piperidine rings is 1. The summed E-state index contributed by atoms with van der Waals surface area (Å²) in [4.78, 5) is 23.5. The summed E-state index contributed by atoms with van der Waals surface area (Å²) in [6.45, 7) is 13.2. The molecule has 2 saturated heterocycles. The first-order valence-corrected chi connectivity index (χ1v) is 9.45. The van der Waals surface area contributed by atoms with E-state index in [0.717, 1.165) is 45.6 Å². The van der Waals surface area contributed by atoms with Gasteiger partial charge in [-0.2, -0.15) is 4.98 Å². The van der Waals surface area contributed by atoms with Crippen LogP contribution in [0.2, 0.25) is 0 Å². The van der Waals surface area contributed by atoms with Crippen molar-refractivity contribution < 1.29 is 9.32 Å². The third-order valence-electron chi connectivity index (χ3n) is 5.19. The molecule has 7 heteroatoms. The molecule has 3 rings (SSSR count). The molecule has 3 heterocycles. The van der Waals surface area contributed by atoms with Gasteiger partial charge < -0.3 is 14.3 Å². The Labute approximate surface area is 150 Å². The second-order valence-corrected chi connectivity index (χ2v) is 8.34. The summed E-state index contributed by atoms with van der Waals surface area (Å²) in [5, 5.41) is 4.12. The number of aromatic nitrogens is 2. The van der Waals surface area contributed by atoms with Gasteiger partial charge in [0.15, 0.2) is 0 Å². The average Bonchev–Trinajstić information content (AvgIpc) is 3.06. The molecule has 2 fully saturated rings. The number of rotatable bonds is 3. The van der Waals surface area contributed by atoms with Crippen LogP contribution in [0.25, 0.3) is 0 Å². The van der Waals surface area contributed by atoms with Crippen molar-refractivity contribution in [2.45, 2.75) is 58.4 Å². The van der Waals surface area contributed by atoms with E-state index in [9.17, 15) is 4.79 Å². The molecule has 0 aromatic carbocycles. The van der Waals surface area contributed by atoms with Crippen molar-refractivity contribution in [3.63, 3.8) is 0 Å². The molecule has 0 unspecified atom stereocenters. The van der Waals surface area contributed by atoms with Gasteiger partial charge in [0.25, 0.3) is 5.95 Å². The molecule has 25 heavy (non-hydrogen) atoms. The Balaban J connectivity index is 1.50. The molecule has 1 amide bonds. The molecule has 1 aromatic rings. The molecule has 0 spiro atoms. The molecule has 0 aliphatic carbocycles. The maximum atomic E-state index is 12.6. The summed E-state index contributed by atoms with van der Waals surface area (Å²) in [5.41, 5.74) is -0.134. The van der Waals surface area contributed by atoms with E-state index in [0.29, 0.717) is 24.4 Å². The molecule has 140 valence electrons. The van der Waals surface area contributed by atoms with Gasteiger partial charge in [0.05, 0.1) is 6.54 Å². The molecular weight excluding hydrogens is 318 g/mol. The SMILES string of the molecule is C[C@H]1CCCCN1C(=O)CN1CCN(c2noc(C(C)(C)C)n2)CC1. The first-order valence-electron chi connectivity index (χ1n) is 9.45. The smallest absolute Gasteiger partial charge is 0.266 e. The van der Waals surface area contributed by atoms with Crippen LogP contribution in [0.4, 0.5) is 5.95 Å². The van der Waals surface area contributed by atoms with Gasteiger partial charge in [-0.15, -0.1) is 0 Å². The van der Waals surface area contributed by atoms with E-state index in [2.05, 4.69) is 52.5 Å². The van der Waals surface area contributed by atoms with E-state index in [1.165, 1.54) is 6.42 Å². The Bertz CT molecular complexity index is 587. The molecule has 0 N–H and O–H groups in total. The molecule has 0 saturated carbocycles. The van der Waals surface area contributed by atoms with Gasteiger partial charge >= 0.3 is 0 Å². The molecule has 2 aliphatic heterocycles. The predicted octanol–water partition coefficient (Wildman–Crippen LogP) is 1.89. The normalized spacial score (nSPS) is 23.1. The van der Waals surface area contributed by atoms with Gasteiger partial charge in [-0.3, -0.25) is 9.69 Å². The molecule has 7 nitrogen and oxygen atoms in total. The molecule has 2 aliphatic rings. The fourth-order valence-electron chi connectivity index (χ4n) is 3.51. The fourth-order valence-corrected chi connectivity index (χ4v) is 3.51. The minimum atomic E-state index is -0.134. The third kappa shape index (κ3) is 4.32. The minimum Gasteiger partial charge on any atom is -0.339 e. The van der Waals surface area contributed by atoms with Crippen LogP contribution < -0.4 is 4.90 Å². The van der Waals surface area contributed by atoms with Crippen molar-refractivity contribution in [1.82, 2.24) is 19.9 Å². The number of likely N-dealkylation sites (tertiary alicyclic amines) is 1. The Morgan fingerprint density at radius 1 is 1.16 bits per heavy atom. The lowest BCUT2D eigenvalue weighted by Gasteiger charge is -2.37.